The smallest absolute Gasteiger partial charge is 0.250 e. The Morgan fingerprint density at radius 3 is 2.79 bits per heavy atom. The minimum absolute atomic E-state index is 0.381. The van der Waals surface area contributed by atoms with Crippen LogP contribution in [-0.4, -0.2) is 27.5 Å². The van der Waals surface area contributed by atoms with Crippen molar-refractivity contribution in [2.75, 3.05) is 12.0 Å². The number of hydrogen-bond acceptors (Lipinski definition) is 4. The van der Waals surface area contributed by atoms with Gasteiger partial charge in [0.2, 0.25) is 0 Å². The van der Waals surface area contributed by atoms with Crippen LogP contribution in [0.5, 0.6) is 0 Å². The van der Waals surface area contributed by atoms with Gasteiger partial charge in [0.25, 0.3) is 5.91 Å². The molecule has 0 aliphatic heterocycles. The first kappa shape index (κ1) is 14.1. The van der Waals surface area contributed by atoms with Gasteiger partial charge in [-0.2, -0.15) is 11.8 Å². The van der Waals surface area contributed by atoms with E-state index in [-0.39, 0.29) is 5.91 Å². The Hall–Kier alpha value is -1.27. The van der Waals surface area contributed by atoms with Crippen LogP contribution in [0.4, 0.5) is 0 Å². The number of carbonyl (C=O) groups is 1. The highest BCUT2D eigenvalue weighted by atomic mass is 32.2. The number of thiazole rings is 1. The summed E-state index contributed by atoms with van der Waals surface area (Å²) in [5.41, 5.74) is 8.83. The molecule has 1 amide bonds. The maximum Gasteiger partial charge on any atom is 0.250 e. The summed E-state index contributed by atoms with van der Waals surface area (Å²) >= 11 is 3.39. The first-order valence-electron chi connectivity index (χ1n) is 5.96. The number of aryl methyl sites for hydroxylation is 1. The lowest BCUT2D eigenvalue weighted by molar-refractivity contribution is 0.0999. The number of rotatable bonds is 5. The van der Waals surface area contributed by atoms with Gasteiger partial charge in [0.1, 0.15) is 0 Å². The zero-order chi connectivity index (χ0) is 14.0. The van der Waals surface area contributed by atoms with Crippen LogP contribution in [0.1, 0.15) is 21.1 Å². The molecule has 0 saturated carbocycles. The number of amides is 1. The van der Waals surface area contributed by atoms with E-state index in [1.54, 1.807) is 23.1 Å². The molecule has 6 heteroatoms. The van der Waals surface area contributed by atoms with Crippen molar-refractivity contribution in [3.63, 3.8) is 0 Å². The van der Waals surface area contributed by atoms with Gasteiger partial charge in [0.15, 0.2) is 0 Å². The molecule has 2 aromatic heterocycles. The standard InChI is InChI=1S/C13H17N3OS2/c1-8-10(13(14)17)6-12(16(8)4-5-18-3)11-7-19-9(2)15-11/h6-7H,4-5H2,1-3H3,(H2,14,17). The second-order valence-electron chi connectivity index (χ2n) is 4.29. The maximum absolute atomic E-state index is 11.5. The minimum Gasteiger partial charge on any atom is -0.366 e. The van der Waals surface area contributed by atoms with E-state index < -0.39 is 0 Å². The molecule has 0 spiro atoms. The van der Waals surface area contributed by atoms with Crippen LogP contribution in [-0.2, 0) is 6.54 Å². The predicted octanol–water partition coefficient (Wildman–Crippen LogP) is 2.69. The highest BCUT2D eigenvalue weighted by Gasteiger charge is 2.17. The number of thioether (sulfide) groups is 1. The summed E-state index contributed by atoms with van der Waals surface area (Å²) in [4.78, 5) is 16.0. The normalized spacial score (nSPS) is 10.9. The summed E-state index contributed by atoms with van der Waals surface area (Å²) in [5.74, 6) is 0.609. The number of aromatic nitrogens is 2. The molecule has 0 aliphatic rings. The molecule has 0 bridgehead atoms. The fraction of sp³-hybridized carbons (Fsp3) is 0.385. The molecule has 19 heavy (non-hydrogen) atoms. The predicted molar refractivity (Wildman–Crippen MR) is 81.9 cm³/mol. The molecule has 0 saturated heterocycles. The Morgan fingerprint density at radius 1 is 1.53 bits per heavy atom. The monoisotopic (exact) mass is 295 g/mol. The van der Waals surface area contributed by atoms with Gasteiger partial charge >= 0.3 is 0 Å². The first-order valence-corrected chi connectivity index (χ1v) is 8.23. The van der Waals surface area contributed by atoms with Crippen molar-refractivity contribution in [2.24, 2.45) is 5.73 Å². The average Bonchev–Trinajstić information content (AvgIpc) is 2.91. The number of primary amides is 1. The lowest BCUT2D eigenvalue weighted by atomic mass is 10.2. The molecule has 2 aromatic rings. The molecule has 0 fully saturated rings. The van der Waals surface area contributed by atoms with E-state index in [2.05, 4.69) is 15.8 Å². The number of carbonyl (C=O) groups excluding carboxylic acids is 1. The third-order valence-corrected chi connectivity index (χ3v) is 4.40. The molecule has 0 unspecified atom stereocenters. The van der Waals surface area contributed by atoms with Crippen LogP contribution < -0.4 is 5.73 Å². The van der Waals surface area contributed by atoms with E-state index in [4.69, 9.17) is 5.73 Å². The number of nitrogens with two attached hydrogens (primary N) is 1. The summed E-state index contributed by atoms with van der Waals surface area (Å²) in [6, 6.07) is 1.85. The van der Waals surface area contributed by atoms with Crippen molar-refractivity contribution >= 4 is 29.0 Å². The molecule has 0 aliphatic carbocycles. The van der Waals surface area contributed by atoms with Gasteiger partial charge in [-0.3, -0.25) is 4.79 Å². The molecule has 0 aromatic carbocycles. The Balaban J connectivity index is 2.51. The van der Waals surface area contributed by atoms with Gasteiger partial charge in [-0.15, -0.1) is 11.3 Å². The zero-order valence-corrected chi connectivity index (χ0v) is 12.9. The van der Waals surface area contributed by atoms with E-state index >= 15 is 0 Å². The Kier molecular flexibility index (Phi) is 4.31. The van der Waals surface area contributed by atoms with E-state index in [0.29, 0.717) is 5.56 Å². The van der Waals surface area contributed by atoms with Crippen molar-refractivity contribution < 1.29 is 4.79 Å². The summed E-state index contributed by atoms with van der Waals surface area (Å²) in [6.45, 7) is 4.76. The van der Waals surface area contributed by atoms with Crippen LogP contribution in [0.15, 0.2) is 11.4 Å². The Morgan fingerprint density at radius 2 is 2.26 bits per heavy atom. The van der Waals surface area contributed by atoms with E-state index in [1.807, 2.05) is 25.3 Å². The van der Waals surface area contributed by atoms with Crippen molar-refractivity contribution in [1.82, 2.24) is 9.55 Å². The summed E-state index contributed by atoms with van der Waals surface area (Å²) in [5, 5.41) is 3.04. The highest BCUT2D eigenvalue weighted by molar-refractivity contribution is 7.98. The van der Waals surface area contributed by atoms with Gasteiger partial charge in [-0.05, 0) is 26.2 Å². The van der Waals surface area contributed by atoms with Crippen molar-refractivity contribution in [1.29, 1.82) is 0 Å². The van der Waals surface area contributed by atoms with Gasteiger partial charge in [-0.25, -0.2) is 4.98 Å². The van der Waals surface area contributed by atoms with Crippen molar-refractivity contribution in [2.45, 2.75) is 20.4 Å². The molecule has 2 N–H and O–H groups in total. The quantitative estimate of drug-likeness (QED) is 0.922. The molecule has 4 nitrogen and oxygen atoms in total. The lowest BCUT2D eigenvalue weighted by Crippen LogP contribution is -2.13. The van der Waals surface area contributed by atoms with Crippen LogP contribution in [0.2, 0.25) is 0 Å². The third-order valence-electron chi connectivity index (χ3n) is 3.03. The summed E-state index contributed by atoms with van der Waals surface area (Å²) in [7, 11) is 0. The number of nitrogens with zero attached hydrogens (tertiary/aromatic N) is 2. The second kappa shape index (κ2) is 5.79. The second-order valence-corrected chi connectivity index (χ2v) is 6.34. The van der Waals surface area contributed by atoms with Gasteiger partial charge in [-0.1, -0.05) is 0 Å². The van der Waals surface area contributed by atoms with E-state index in [9.17, 15) is 4.79 Å². The SMILES string of the molecule is CSCCn1c(-c2csc(C)n2)cc(C(N)=O)c1C. The molecular weight excluding hydrogens is 278 g/mol. The third kappa shape index (κ3) is 2.84. The van der Waals surface area contributed by atoms with Gasteiger partial charge < -0.3 is 10.3 Å². The topological polar surface area (TPSA) is 60.9 Å². The molecule has 2 heterocycles. The van der Waals surface area contributed by atoms with E-state index in [1.165, 1.54) is 0 Å². The van der Waals surface area contributed by atoms with Gasteiger partial charge in [0.05, 0.1) is 22.0 Å². The minimum atomic E-state index is -0.381. The highest BCUT2D eigenvalue weighted by Crippen LogP contribution is 2.27. The molecule has 0 radical (unpaired) electrons. The molecule has 0 atom stereocenters. The Bertz CT molecular complexity index is 601. The van der Waals surface area contributed by atoms with Crippen molar-refractivity contribution in [3.8, 4) is 11.4 Å². The van der Waals surface area contributed by atoms with Crippen LogP contribution in [0.3, 0.4) is 0 Å². The Labute approximate surface area is 121 Å². The van der Waals surface area contributed by atoms with Crippen LogP contribution >= 0.6 is 23.1 Å². The average molecular weight is 295 g/mol. The molecule has 2 rings (SSSR count). The van der Waals surface area contributed by atoms with Gasteiger partial charge in [0, 0.05) is 23.4 Å². The summed E-state index contributed by atoms with van der Waals surface area (Å²) in [6.07, 6.45) is 2.07. The van der Waals surface area contributed by atoms with E-state index in [0.717, 1.165) is 34.4 Å². The number of hydrogen-bond donors (Lipinski definition) is 1. The molecular formula is C13H17N3OS2. The van der Waals surface area contributed by atoms with Crippen LogP contribution in [0.25, 0.3) is 11.4 Å². The largest absolute Gasteiger partial charge is 0.366 e. The summed E-state index contributed by atoms with van der Waals surface area (Å²) < 4.78 is 2.13. The maximum atomic E-state index is 11.5. The van der Waals surface area contributed by atoms with Crippen molar-refractivity contribution in [3.05, 3.63) is 27.7 Å². The zero-order valence-electron chi connectivity index (χ0n) is 11.3. The van der Waals surface area contributed by atoms with Crippen LogP contribution in [0, 0.1) is 13.8 Å². The first-order chi connectivity index (χ1) is 9.04. The molecule has 102 valence electrons. The lowest BCUT2D eigenvalue weighted by Gasteiger charge is -2.09. The fourth-order valence-electron chi connectivity index (χ4n) is 2.06. The fourth-order valence-corrected chi connectivity index (χ4v) is 3.03.